The third-order valence-corrected chi connectivity index (χ3v) is 5.26. The van der Waals surface area contributed by atoms with E-state index in [4.69, 9.17) is 8.92 Å². The molecule has 3 atom stereocenters. The Morgan fingerprint density at radius 3 is 2.19 bits per heavy atom. The molecule has 0 radical (unpaired) electrons. The Hall–Kier alpha value is -1.73. The molecule has 0 aliphatic carbocycles. The highest BCUT2D eigenvalue weighted by atomic mass is 32.2. The molecule has 0 N–H and O–H groups in total. The second-order valence-corrected chi connectivity index (χ2v) is 8.22. The smallest absolute Gasteiger partial charge is 0.265 e. The normalized spacial score (nSPS) is 21.2. The number of hydrogen-bond acceptors (Lipinski definition) is 5. The molecule has 1 heterocycles. The molecule has 2 aromatic rings. The van der Waals surface area contributed by atoms with E-state index < -0.39 is 16.2 Å². The highest BCUT2D eigenvalue weighted by Gasteiger charge is 2.34. The van der Waals surface area contributed by atoms with Crippen molar-refractivity contribution < 1.29 is 17.3 Å². The standard InChI is InChI=1S/C20H25NO4S/c1-16(17-9-5-3-6-10-17)21-13-14-24-19(15-21)20(25-26(2,22)23)18-11-7-4-8-12-18/h3-12,16,19-20H,13-15H2,1-2H3/t16-,19-,20+/m0/s1. The maximum Gasteiger partial charge on any atom is 0.265 e. The van der Waals surface area contributed by atoms with Gasteiger partial charge in [-0.1, -0.05) is 60.7 Å². The Morgan fingerprint density at radius 2 is 1.62 bits per heavy atom. The summed E-state index contributed by atoms with van der Waals surface area (Å²) in [6.07, 6.45) is 0.0693. The fourth-order valence-corrected chi connectivity index (χ4v) is 3.95. The molecule has 0 saturated carbocycles. The lowest BCUT2D eigenvalue weighted by atomic mass is 10.0. The van der Waals surface area contributed by atoms with Crippen LogP contribution in [0.5, 0.6) is 0 Å². The first-order valence-electron chi connectivity index (χ1n) is 8.78. The van der Waals surface area contributed by atoms with Crippen molar-refractivity contribution in [3.05, 3.63) is 71.8 Å². The molecular formula is C20H25NO4S. The summed E-state index contributed by atoms with van der Waals surface area (Å²) in [4.78, 5) is 2.31. The zero-order chi connectivity index (χ0) is 18.6. The summed E-state index contributed by atoms with van der Waals surface area (Å²) < 4.78 is 34.9. The van der Waals surface area contributed by atoms with E-state index in [9.17, 15) is 8.42 Å². The fraction of sp³-hybridized carbons (Fsp3) is 0.400. The first kappa shape index (κ1) is 19.0. The summed E-state index contributed by atoms with van der Waals surface area (Å²) in [6.45, 7) is 4.10. The topological polar surface area (TPSA) is 55.8 Å². The van der Waals surface area contributed by atoms with Gasteiger partial charge in [-0.3, -0.25) is 9.08 Å². The molecule has 0 spiro atoms. The van der Waals surface area contributed by atoms with Gasteiger partial charge in [0, 0.05) is 19.1 Å². The summed E-state index contributed by atoms with van der Waals surface area (Å²) in [5.41, 5.74) is 2.03. The van der Waals surface area contributed by atoms with Crippen molar-refractivity contribution in [2.45, 2.75) is 25.2 Å². The van der Waals surface area contributed by atoms with Gasteiger partial charge in [0.05, 0.1) is 12.9 Å². The number of morpholine rings is 1. The molecule has 0 bridgehead atoms. The van der Waals surface area contributed by atoms with Crippen molar-refractivity contribution in [1.29, 1.82) is 0 Å². The average Bonchev–Trinajstić information content (AvgIpc) is 2.66. The molecule has 1 saturated heterocycles. The first-order valence-corrected chi connectivity index (χ1v) is 10.6. The Balaban J connectivity index is 1.81. The van der Waals surface area contributed by atoms with Gasteiger partial charge in [-0.25, -0.2) is 0 Å². The molecule has 0 aromatic heterocycles. The van der Waals surface area contributed by atoms with Crippen LogP contribution in [0.1, 0.15) is 30.2 Å². The predicted molar refractivity (Wildman–Crippen MR) is 101 cm³/mol. The zero-order valence-corrected chi connectivity index (χ0v) is 15.9. The summed E-state index contributed by atoms with van der Waals surface area (Å²) in [6, 6.07) is 19.9. The van der Waals surface area contributed by atoms with Crippen LogP contribution >= 0.6 is 0 Å². The highest BCUT2D eigenvalue weighted by molar-refractivity contribution is 7.86. The van der Waals surface area contributed by atoms with Gasteiger partial charge in [0.15, 0.2) is 0 Å². The van der Waals surface area contributed by atoms with E-state index in [1.54, 1.807) is 0 Å². The molecule has 26 heavy (non-hydrogen) atoms. The molecule has 1 fully saturated rings. The number of rotatable bonds is 6. The lowest BCUT2D eigenvalue weighted by Gasteiger charge is -2.39. The average molecular weight is 375 g/mol. The molecule has 5 nitrogen and oxygen atoms in total. The van der Waals surface area contributed by atoms with Crippen molar-refractivity contribution in [3.63, 3.8) is 0 Å². The van der Waals surface area contributed by atoms with E-state index >= 15 is 0 Å². The van der Waals surface area contributed by atoms with Crippen molar-refractivity contribution in [3.8, 4) is 0 Å². The largest absolute Gasteiger partial charge is 0.372 e. The van der Waals surface area contributed by atoms with Gasteiger partial charge in [-0.05, 0) is 18.1 Å². The molecular weight excluding hydrogens is 350 g/mol. The third kappa shape index (κ3) is 4.92. The van der Waals surface area contributed by atoms with Crippen LogP contribution in [0, 0.1) is 0 Å². The second-order valence-electron chi connectivity index (χ2n) is 6.62. The molecule has 1 aliphatic heterocycles. The Morgan fingerprint density at radius 1 is 1.04 bits per heavy atom. The summed E-state index contributed by atoms with van der Waals surface area (Å²) in [5.74, 6) is 0. The Kier molecular flexibility index (Phi) is 6.09. The summed E-state index contributed by atoms with van der Waals surface area (Å²) in [5, 5.41) is 0. The van der Waals surface area contributed by atoms with E-state index in [2.05, 4.69) is 24.0 Å². The van der Waals surface area contributed by atoms with Gasteiger partial charge >= 0.3 is 0 Å². The van der Waals surface area contributed by atoms with Gasteiger partial charge in [0.1, 0.15) is 12.2 Å². The van der Waals surface area contributed by atoms with Crippen LogP contribution in [-0.2, 0) is 19.0 Å². The predicted octanol–water partition coefficient (Wildman–Crippen LogP) is 3.17. The van der Waals surface area contributed by atoms with Crippen LogP contribution in [0.2, 0.25) is 0 Å². The minimum absolute atomic E-state index is 0.220. The van der Waals surface area contributed by atoms with E-state index in [1.807, 2.05) is 48.5 Å². The minimum atomic E-state index is -3.61. The highest BCUT2D eigenvalue weighted by Crippen LogP contribution is 2.30. The van der Waals surface area contributed by atoms with Crippen molar-refractivity contribution in [2.24, 2.45) is 0 Å². The first-order chi connectivity index (χ1) is 12.4. The van der Waals surface area contributed by atoms with Crippen LogP contribution in [-0.4, -0.2) is 45.4 Å². The Bertz CT molecular complexity index is 795. The SMILES string of the molecule is C[C@@H](c1ccccc1)N1CCO[C@H]([C@H](OS(C)(=O)=O)c2ccccc2)C1. The number of benzene rings is 2. The lowest BCUT2D eigenvalue weighted by molar-refractivity contribution is -0.0889. The van der Waals surface area contributed by atoms with E-state index in [1.165, 1.54) is 5.56 Å². The van der Waals surface area contributed by atoms with Crippen molar-refractivity contribution >= 4 is 10.1 Å². The van der Waals surface area contributed by atoms with Crippen LogP contribution in [0.3, 0.4) is 0 Å². The molecule has 2 aromatic carbocycles. The minimum Gasteiger partial charge on any atom is -0.372 e. The van der Waals surface area contributed by atoms with Crippen molar-refractivity contribution in [1.82, 2.24) is 4.90 Å². The second kappa shape index (κ2) is 8.31. The van der Waals surface area contributed by atoms with E-state index in [0.717, 1.165) is 18.4 Å². The molecule has 140 valence electrons. The maximum atomic E-state index is 11.8. The lowest BCUT2D eigenvalue weighted by Crippen LogP contribution is -2.46. The third-order valence-electron chi connectivity index (χ3n) is 4.70. The maximum absolute atomic E-state index is 11.8. The van der Waals surface area contributed by atoms with E-state index in [0.29, 0.717) is 13.2 Å². The quantitative estimate of drug-likeness (QED) is 0.726. The number of hydrogen-bond donors (Lipinski definition) is 0. The number of nitrogens with zero attached hydrogens (tertiary/aromatic N) is 1. The van der Waals surface area contributed by atoms with Gasteiger partial charge in [0.25, 0.3) is 10.1 Å². The van der Waals surface area contributed by atoms with Gasteiger partial charge in [0.2, 0.25) is 0 Å². The fourth-order valence-electron chi connectivity index (χ4n) is 3.34. The van der Waals surface area contributed by atoms with Crippen LogP contribution < -0.4 is 0 Å². The van der Waals surface area contributed by atoms with Crippen LogP contribution in [0.25, 0.3) is 0 Å². The van der Waals surface area contributed by atoms with E-state index in [-0.39, 0.29) is 12.1 Å². The molecule has 6 heteroatoms. The van der Waals surface area contributed by atoms with Gasteiger partial charge in [-0.15, -0.1) is 0 Å². The molecule has 0 amide bonds. The van der Waals surface area contributed by atoms with Crippen LogP contribution in [0.4, 0.5) is 0 Å². The number of ether oxygens (including phenoxy) is 1. The monoisotopic (exact) mass is 375 g/mol. The molecule has 0 unspecified atom stereocenters. The summed E-state index contributed by atoms with van der Waals surface area (Å²) in [7, 11) is -3.61. The molecule has 1 aliphatic rings. The Labute approximate surface area is 155 Å². The van der Waals surface area contributed by atoms with Crippen molar-refractivity contribution in [2.75, 3.05) is 26.0 Å². The van der Waals surface area contributed by atoms with Crippen LogP contribution in [0.15, 0.2) is 60.7 Å². The van der Waals surface area contributed by atoms with Gasteiger partial charge in [-0.2, -0.15) is 8.42 Å². The molecule has 3 rings (SSSR count). The van der Waals surface area contributed by atoms with Gasteiger partial charge < -0.3 is 4.74 Å². The summed E-state index contributed by atoms with van der Waals surface area (Å²) >= 11 is 0. The zero-order valence-electron chi connectivity index (χ0n) is 15.1.